The first-order chi connectivity index (χ1) is 12.7. The molecule has 1 aromatic carbocycles. The van der Waals surface area contributed by atoms with Crippen molar-refractivity contribution in [2.45, 2.75) is 26.7 Å². The average molecular weight is 383 g/mol. The highest BCUT2D eigenvalue weighted by Crippen LogP contribution is 2.39. The Morgan fingerprint density at radius 3 is 2.54 bits per heavy atom. The first kappa shape index (κ1) is 20.7. The van der Waals surface area contributed by atoms with Gasteiger partial charge in [-0.1, -0.05) is 0 Å². The van der Waals surface area contributed by atoms with Crippen LogP contribution in [0.3, 0.4) is 0 Å². The van der Waals surface area contributed by atoms with Gasteiger partial charge in [-0.2, -0.15) is 11.8 Å². The van der Waals surface area contributed by atoms with Gasteiger partial charge < -0.3 is 24.4 Å². The minimum absolute atomic E-state index is 0.00146. The van der Waals surface area contributed by atoms with E-state index in [0.29, 0.717) is 44.3 Å². The van der Waals surface area contributed by atoms with E-state index < -0.39 is 0 Å². The fourth-order valence-corrected chi connectivity index (χ4v) is 3.27. The van der Waals surface area contributed by atoms with Gasteiger partial charge >= 0.3 is 0 Å². The molecular weight excluding hydrogens is 352 g/mol. The van der Waals surface area contributed by atoms with Crippen molar-refractivity contribution in [3.63, 3.8) is 0 Å². The number of morpholine rings is 1. The number of nitrogens with zero attached hydrogens (tertiary/aromatic N) is 1. The van der Waals surface area contributed by atoms with Gasteiger partial charge in [0.05, 0.1) is 37.8 Å². The molecule has 1 saturated heterocycles. The van der Waals surface area contributed by atoms with Crippen molar-refractivity contribution in [3.05, 3.63) is 12.1 Å². The van der Waals surface area contributed by atoms with E-state index >= 15 is 0 Å². The molecule has 0 saturated carbocycles. The SMILES string of the molecule is CCOc1cc(N2CCOCC2)c(OCC)cc1NC(=O)CCCSC. The van der Waals surface area contributed by atoms with Gasteiger partial charge in [0.15, 0.2) is 0 Å². The van der Waals surface area contributed by atoms with E-state index in [1.165, 1.54) is 0 Å². The van der Waals surface area contributed by atoms with Crippen molar-refractivity contribution >= 4 is 29.0 Å². The van der Waals surface area contributed by atoms with E-state index in [2.05, 4.69) is 10.2 Å². The Balaban J connectivity index is 2.24. The molecule has 0 radical (unpaired) electrons. The Hall–Kier alpha value is -1.60. The number of hydrogen-bond donors (Lipinski definition) is 1. The summed E-state index contributed by atoms with van der Waals surface area (Å²) in [5.74, 6) is 2.42. The molecule has 1 aliphatic rings. The van der Waals surface area contributed by atoms with Crippen molar-refractivity contribution in [1.82, 2.24) is 0 Å². The minimum Gasteiger partial charge on any atom is -0.492 e. The molecule has 0 aromatic heterocycles. The average Bonchev–Trinajstić information content (AvgIpc) is 2.65. The van der Waals surface area contributed by atoms with E-state index in [1.807, 2.05) is 32.2 Å². The molecule has 1 heterocycles. The quantitative estimate of drug-likeness (QED) is 0.626. The van der Waals surface area contributed by atoms with Gasteiger partial charge in [0, 0.05) is 31.6 Å². The monoisotopic (exact) mass is 382 g/mol. The van der Waals surface area contributed by atoms with Crippen molar-refractivity contribution in [1.29, 1.82) is 0 Å². The molecule has 0 aliphatic carbocycles. The largest absolute Gasteiger partial charge is 0.492 e. The third-order valence-corrected chi connectivity index (χ3v) is 4.74. The van der Waals surface area contributed by atoms with E-state index in [-0.39, 0.29) is 5.91 Å². The number of nitrogens with one attached hydrogen (secondary N) is 1. The molecule has 1 aromatic rings. The molecule has 6 nitrogen and oxygen atoms in total. The highest BCUT2D eigenvalue weighted by atomic mass is 32.2. The maximum absolute atomic E-state index is 12.3. The number of carbonyl (C=O) groups excluding carboxylic acids is 1. The Labute approximate surface area is 160 Å². The lowest BCUT2D eigenvalue weighted by Crippen LogP contribution is -2.36. The topological polar surface area (TPSA) is 60.0 Å². The number of thioether (sulfide) groups is 1. The maximum Gasteiger partial charge on any atom is 0.224 e. The zero-order chi connectivity index (χ0) is 18.8. The summed E-state index contributed by atoms with van der Waals surface area (Å²) >= 11 is 1.75. The maximum atomic E-state index is 12.3. The number of carbonyl (C=O) groups is 1. The van der Waals surface area contributed by atoms with Crippen LogP contribution in [0.2, 0.25) is 0 Å². The number of ether oxygens (including phenoxy) is 3. The van der Waals surface area contributed by atoms with Crippen molar-refractivity contribution < 1.29 is 19.0 Å². The van der Waals surface area contributed by atoms with Crippen molar-refractivity contribution in [2.24, 2.45) is 0 Å². The second-order valence-corrected chi connectivity index (χ2v) is 6.91. The normalized spacial score (nSPS) is 14.2. The highest BCUT2D eigenvalue weighted by molar-refractivity contribution is 7.98. The number of rotatable bonds is 10. The number of benzene rings is 1. The second kappa shape index (κ2) is 11.2. The van der Waals surface area contributed by atoms with Crippen molar-refractivity contribution in [3.8, 4) is 11.5 Å². The van der Waals surface area contributed by atoms with Crippen LogP contribution in [0.25, 0.3) is 0 Å². The predicted molar refractivity (Wildman–Crippen MR) is 108 cm³/mol. The van der Waals surface area contributed by atoms with Gasteiger partial charge in [-0.25, -0.2) is 0 Å². The Morgan fingerprint density at radius 2 is 1.88 bits per heavy atom. The molecule has 2 rings (SSSR count). The highest BCUT2D eigenvalue weighted by Gasteiger charge is 2.20. The number of hydrogen-bond acceptors (Lipinski definition) is 6. The molecule has 0 bridgehead atoms. The number of anilines is 2. The van der Waals surface area contributed by atoms with E-state index in [4.69, 9.17) is 14.2 Å². The van der Waals surface area contributed by atoms with Crippen LogP contribution in [0.1, 0.15) is 26.7 Å². The van der Waals surface area contributed by atoms with Gasteiger partial charge in [0.2, 0.25) is 5.91 Å². The summed E-state index contributed by atoms with van der Waals surface area (Å²) in [6.07, 6.45) is 3.41. The van der Waals surface area contributed by atoms with Crippen LogP contribution in [0, 0.1) is 0 Å². The van der Waals surface area contributed by atoms with Crippen LogP contribution >= 0.6 is 11.8 Å². The molecule has 26 heavy (non-hydrogen) atoms. The molecule has 1 N–H and O–H groups in total. The molecular formula is C19H30N2O4S. The first-order valence-corrected chi connectivity index (χ1v) is 10.6. The van der Waals surface area contributed by atoms with Gasteiger partial charge in [-0.3, -0.25) is 4.79 Å². The summed E-state index contributed by atoms with van der Waals surface area (Å²) in [5, 5.41) is 2.99. The fourth-order valence-electron chi connectivity index (χ4n) is 2.83. The minimum atomic E-state index is 0.00146. The standard InChI is InChI=1S/C19H30N2O4S/c1-4-24-17-14-16(21-8-10-23-11-9-21)18(25-5-2)13-15(17)20-19(22)7-6-12-26-3/h13-14H,4-12H2,1-3H3,(H,20,22). The van der Waals surface area contributed by atoms with Gasteiger partial charge in [0.25, 0.3) is 0 Å². The zero-order valence-corrected chi connectivity index (χ0v) is 16.8. The van der Waals surface area contributed by atoms with Crippen LogP contribution in [-0.4, -0.2) is 57.4 Å². The Morgan fingerprint density at radius 1 is 1.19 bits per heavy atom. The zero-order valence-electron chi connectivity index (χ0n) is 16.0. The molecule has 0 atom stereocenters. The Bertz CT molecular complexity index is 577. The van der Waals surface area contributed by atoms with E-state index in [9.17, 15) is 4.79 Å². The smallest absolute Gasteiger partial charge is 0.224 e. The Kier molecular flexibility index (Phi) is 8.91. The molecule has 7 heteroatoms. The van der Waals surface area contributed by atoms with Gasteiger partial charge in [0.1, 0.15) is 11.5 Å². The summed E-state index contributed by atoms with van der Waals surface area (Å²) < 4.78 is 17.1. The third kappa shape index (κ3) is 5.99. The predicted octanol–water partition coefficient (Wildman–Crippen LogP) is 3.40. The van der Waals surface area contributed by atoms with E-state index in [1.54, 1.807) is 11.8 Å². The molecule has 1 amide bonds. The van der Waals surface area contributed by atoms with Crippen LogP contribution in [-0.2, 0) is 9.53 Å². The van der Waals surface area contributed by atoms with Gasteiger partial charge in [-0.15, -0.1) is 0 Å². The fraction of sp³-hybridized carbons (Fsp3) is 0.632. The van der Waals surface area contributed by atoms with Crippen LogP contribution in [0.4, 0.5) is 11.4 Å². The summed E-state index contributed by atoms with van der Waals surface area (Å²) in [6.45, 7) is 8.01. The summed E-state index contributed by atoms with van der Waals surface area (Å²) in [5.41, 5.74) is 1.65. The third-order valence-electron chi connectivity index (χ3n) is 4.04. The summed E-state index contributed by atoms with van der Waals surface area (Å²) in [6, 6.07) is 3.85. The summed E-state index contributed by atoms with van der Waals surface area (Å²) in [4.78, 5) is 14.5. The number of amides is 1. The molecule has 1 fully saturated rings. The molecule has 146 valence electrons. The molecule has 0 unspecified atom stereocenters. The van der Waals surface area contributed by atoms with Gasteiger partial charge in [-0.05, 0) is 32.3 Å². The lowest BCUT2D eigenvalue weighted by Gasteiger charge is -2.31. The second-order valence-electron chi connectivity index (χ2n) is 5.93. The first-order valence-electron chi connectivity index (χ1n) is 9.24. The molecule has 0 spiro atoms. The van der Waals surface area contributed by atoms with Crippen LogP contribution < -0.4 is 19.7 Å². The van der Waals surface area contributed by atoms with Crippen LogP contribution in [0.15, 0.2) is 12.1 Å². The lowest BCUT2D eigenvalue weighted by molar-refractivity contribution is -0.116. The lowest BCUT2D eigenvalue weighted by atomic mass is 10.2. The summed E-state index contributed by atoms with van der Waals surface area (Å²) in [7, 11) is 0. The van der Waals surface area contributed by atoms with Crippen molar-refractivity contribution in [2.75, 3.05) is 61.7 Å². The van der Waals surface area contributed by atoms with E-state index in [0.717, 1.165) is 36.7 Å². The molecule has 1 aliphatic heterocycles. The van der Waals surface area contributed by atoms with Crippen LogP contribution in [0.5, 0.6) is 11.5 Å².